The summed E-state index contributed by atoms with van der Waals surface area (Å²) in [5.41, 5.74) is 2.33. The number of nitrogens with zero attached hydrogens (tertiary/aromatic N) is 1. The van der Waals surface area contributed by atoms with Crippen molar-refractivity contribution in [1.82, 2.24) is 4.90 Å². The van der Waals surface area contributed by atoms with Crippen LogP contribution in [0.15, 0.2) is 24.3 Å². The minimum atomic E-state index is -0.0919. The number of likely N-dealkylation sites (N-methyl/N-ethyl adjacent to an activating group) is 1. The number of anilines is 1. The van der Waals surface area contributed by atoms with E-state index in [9.17, 15) is 4.79 Å². The molecule has 19 heavy (non-hydrogen) atoms. The average Bonchev–Trinajstić information content (AvgIpc) is 2.45. The summed E-state index contributed by atoms with van der Waals surface area (Å²) in [6.45, 7) is 6.34. The predicted octanol–water partition coefficient (Wildman–Crippen LogP) is 3.06. The fourth-order valence-electron chi connectivity index (χ4n) is 2.39. The molecule has 104 valence electrons. The lowest BCUT2D eigenvalue weighted by Gasteiger charge is -2.38. The van der Waals surface area contributed by atoms with Crippen LogP contribution in [0.2, 0.25) is 0 Å². The van der Waals surface area contributed by atoms with Crippen molar-refractivity contribution in [3.8, 4) is 0 Å². The van der Waals surface area contributed by atoms with Crippen LogP contribution in [0.3, 0.4) is 0 Å². The zero-order valence-corrected chi connectivity index (χ0v) is 12.4. The van der Waals surface area contributed by atoms with E-state index in [1.54, 1.807) is 0 Å². The summed E-state index contributed by atoms with van der Waals surface area (Å²) in [5.74, 6) is 0.196. The maximum Gasteiger partial charge on any atom is 0.245 e. The van der Waals surface area contributed by atoms with Crippen LogP contribution in [0, 0.1) is 0 Å². The standard InChI is InChI=1S/C16H24N2O/c1-5-16(2,3)18(4)15(19)14-11-10-12-8-6-7-9-13(12)17-14/h6-9,14,17H,5,10-11H2,1-4H3. The molecule has 0 fully saturated rings. The van der Waals surface area contributed by atoms with Gasteiger partial charge in [-0.3, -0.25) is 4.79 Å². The van der Waals surface area contributed by atoms with Gasteiger partial charge in [0.2, 0.25) is 5.91 Å². The first-order chi connectivity index (χ1) is 8.95. The monoisotopic (exact) mass is 260 g/mol. The Bertz CT molecular complexity index is 468. The smallest absolute Gasteiger partial charge is 0.245 e. The first-order valence-corrected chi connectivity index (χ1v) is 7.08. The summed E-state index contributed by atoms with van der Waals surface area (Å²) in [4.78, 5) is 14.5. The number of hydrogen-bond donors (Lipinski definition) is 1. The van der Waals surface area contributed by atoms with Crippen LogP contribution in [0.4, 0.5) is 5.69 Å². The Balaban J connectivity index is 2.11. The summed E-state index contributed by atoms with van der Waals surface area (Å²) in [7, 11) is 1.91. The van der Waals surface area contributed by atoms with Crippen LogP contribution >= 0.6 is 0 Å². The number of para-hydroxylation sites is 1. The van der Waals surface area contributed by atoms with Gasteiger partial charge in [-0.2, -0.15) is 0 Å². The molecule has 3 nitrogen and oxygen atoms in total. The lowest BCUT2D eigenvalue weighted by Crippen LogP contribution is -2.51. The number of benzene rings is 1. The fraction of sp³-hybridized carbons (Fsp3) is 0.562. The Morgan fingerprint density at radius 1 is 1.42 bits per heavy atom. The van der Waals surface area contributed by atoms with Gasteiger partial charge in [-0.05, 0) is 44.7 Å². The van der Waals surface area contributed by atoms with Crippen molar-refractivity contribution >= 4 is 11.6 Å². The normalized spacial score (nSPS) is 18.4. The number of nitrogens with one attached hydrogen (secondary N) is 1. The Morgan fingerprint density at radius 3 is 2.79 bits per heavy atom. The first kappa shape index (κ1) is 13.9. The molecule has 0 bridgehead atoms. The van der Waals surface area contributed by atoms with E-state index in [1.165, 1.54) is 5.56 Å². The van der Waals surface area contributed by atoms with Gasteiger partial charge >= 0.3 is 0 Å². The quantitative estimate of drug-likeness (QED) is 0.906. The summed E-state index contributed by atoms with van der Waals surface area (Å²) < 4.78 is 0. The van der Waals surface area contributed by atoms with E-state index < -0.39 is 0 Å². The minimum absolute atomic E-state index is 0.0876. The molecule has 1 atom stereocenters. The molecular formula is C16H24N2O. The average molecular weight is 260 g/mol. The first-order valence-electron chi connectivity index (χ1n) is 7.08. The molecule has 0 aromatic heterocycles. The highest BCUT2D eigenvalue weighted by atomic mass is 16.2. The van der Waals surface area contributed by atoms with Crippen molar-refractivity contribution < 1.29 is 4.79 Å². The second kappa shape index (κ2) is 5.24. The molecule has 1 amide bonds. The molecule has 1 N–H and O–H groups in total. The van der Waals surface area contributed by atoms with Gasteiger partial charge in [0.15, 0.2) is 0 Å². The molecule has 1 aliphatic rings. The third kappa shape index (κ3) is 2.75. The van der Waals surface area contributed by atoms with Gasteiger partial charge in [0.05, 0.1) is 0 Å². The van der Waals surface area contributed by atoms with Gasteiger partial charge in [-0.15, -0.1) is 0 Å². The molecule has 0 aliphatic carbocycles. The zero-order valence-electron chi connectivity index (χ0n) is 12.4. The molecule has 3 heteroatoms. The van der Waals surface area contributed by atoms with Crippen molar-refractivity contribution in [3.63, 3.8) is 0 Å². The molecule has 1 unspecified atom stereocenters. The highest BCUT2D eigenvalue weighted by Gasteiger charge is 2.32. The largest absolute Gasteiger partial charge is 0.373 e. The summed E-state index contributed by atoms with van der Waals surface area (Å²) in [6, 6.07) is 8.15. The van der Waals surface area contributed by atoms with Crippen LogP contribution in [0.25, 0.3) is 0 Å². The van der Waals surface area contributed by atoms with Crippen molar-refractivity contribution in [1.29, 1.82) is 0 Å². The van der Waals surface area contributed by atoms with E-state index in [0.29, 0.717) is 0 Å². The Kier molecular flexibility index (Phi) is 3.83. The van der Waals surface area contributed by atoms with Crippen LogP contribution < -0.4 is 5.32 Å². The van der Waals surface area contributed by atoms with Crippen molar-refractivity contribution in [2.24, 2.45) is 0 Å². The molecule has 0 spiro atoms. The second-order valence-corrected chi connectivity index (χ2v) is 5.96. The fourth-order valence-corrected chi connectivity index (χ4v) is 2.39. The van der Waals surface area contributed by atoms with Crippen molar-refractivity contribution in [2.45, 2.75) is 51.6 Å². The topological polar surface area (TPSA) is 32.3 Å². The van der Waals surface area contributed by atoms with Crippen LogP contribution in [0.5, 0.6) is 0 Å². The maximum atomic E-state index is 12.6. The van der Waals surface area contributed by atoms with E-state index in [1.807, 2.05) is 18.0 Å². The summed E-state index contributed by atoms with van der Waals surface area (Å²) >= 11 is 0. The number of amides is 1. The van der Waals surface area contributed by atoms with Crippen molar-refractivity contribution in [3.05, 3.63) is 29.8 Å². The molecule has 0 saturated heterocycles. The van der Waals surface area contributed by atoms with Gasteiger partial charge in [0, 0.05) is 18.3 Å². The molecule has 1 aliphatic heterocycles. The molecule has 1 aromatic rings. The predicted molar refractivity (Wildman–Crippen MR) is 79.3 cm³/mol. The Morgan fingerprint density at radius 2 is 2.11 bits per heavy atom. The van der Waals surface area contributed by atoms with E-state index in [2.05, 4.69) is 44.3 Å². The number of hydrogen-bond acceptors (Lipinski definition) is 2. The lowest BCUT2D eigenvalue weighted by atomic mass is 9.94. The molecule has 2 rings (SSSR count). The number of carbonyl (C=O) groups excluding carboxylic acids is 1. The minimum Gasteiger partial charge on any atom is -0.373 e. The highest BCUT2D eigenvalue weighted by Crippen LogP contribution is 2.26. The van der Waals surface area contributed by atoms with Gasteiger partial charge in [-0.25, -0.2) is 0 Å². The Hall–Kier alpha value is -1.51. The molecule has 1 aromatic carbocycles. The van der Waals surface area contributed by atoms with E-state index in [4.69, 9.17) is 0 Å². The van der Waals surface area contributed by atoms with Crippen LogP contribution in [0.1, 0.15) is 39.2 Å². The maximum absolute atomic E-state index is 12.6. The van der Waals surface area contributed by atoms with Gasteiger partial charge in [0.25, 0.3) is 0 Å². The number of carbonyl (C=O) groups is 1. The molecular weight excluding hydrogens is 236 g/mol. The number of fused-ring (bicyclic) bond motifs is 1. The van der Waals surface area contributed by atoms with Gasteiger partial charge in [-0.1, -0.05) is 25.1 Å². The van der Waals surface area contributed by atoms with Gasteiger partial charge in [0.1, 0.15) is 6.04 Å². The summed E-state index contributed by atoms with van der Waals surface area (Å²) in [5, 5.41) is 3.38. The molecule has 0 saturated carbocycles. The third-order valence-corrected chi connectivity index (χ3v) is 4.45. The third-order valence-electron chi connectivity index (χ3n) is 4.45. The molecule has 1 heterocycles. The highest BCUT2D eigenvalue weighted by molar-refractivity contribution is 5.86. The van der Waals surface area contributed by atoms with E-state index >= 15 is 0 Å². The van der Waals surface area contributed by atoms with Gasteiger partial charge < -0.3 is 10.2 Å². The van der Waals surface area contributed by atoms with Crippen LogP contribution in [-0.4, -0.2) is 29.4 Å². The van der Waals surface area contributed by atoms with E-state index in [-0.39, 0.29) is 17.5 Å². The van der Waals surface area contributed by atoms with Crippen LogP contribution in [-0.2, 0) is 11.2 Å². The lowest BCUT2D eigenvalue weighted by molar-refractivity contribution is -0.135. The second-order valence-electron chi connectivity index (χ2n) is 5.96. The number of rotatable bonds is 3. The van der Waals surface area contributed by atoms with E-state index in [0.717, 1.165) is 24.9 Å². The SMILES string of the molecule is CCC(C)(C)N(C)C(=O)C1CCc2ccccc2N1. The zero-order chi connectivity index (χ0) is 14.0. The van der Waals surface area contributed by atoms with Crippen molar-refractivity contribution in [2.75, 3.05) is 12.4 Å². The summed E-state index contributed by atoms with van der Waals surface area (Å²) in [6.07, 6.45) is 2.80. The molecule has 0 radical (unpaired) electrons. The Labute approximate surface area is 116 Å². The number of aryl methyl sites for hydroxylation is 1.